The number of carbonyl (C=O) groups is 8. The lowest BCUT2D eigenvalue weighted by Crippen LogP contribution is -2.53. The number of hydrogen-bond donors (Lipinski definition) is 5. The summed E-state index contributed by atoms with van der Waals surface area (Å²) in [5.74, 6) is 0.0835. The number of nitrogens with one attached hydrogen (secondary N) is 3. The SMILES string of the molecule is CCC(C)(C)C(=O)C(=O)N1CCC[C@H]1C(=O)NNC(=O)c1ccccn1.CCC(C)(C)C(=O)C(=O)N1CCC[C@H]1C(=O)O.NNC(=O)c1ccccn1. The highest BCUT2D eigenvalue weighted by Crippen LogP contribution is 2.26. The summed E-state index contributed by atoms with van der Waals surface area (Å²) in [5, 5.41) is 8.97. The van der Waals surface area contributed by atoms with Gasteiger partial charge in [0.25, 0.3) is 29.5 Å². The number of carbonyl (C=O) groups excluding carboxylic acids is 7. The van der Waals surface area contributed by atoms with Gasteiger partial charge < -0.3 is 14.9 Å². The minimum Gasteiger partial charge on any atom is -0.480 e. The molecule has 4 rings (SSSR count). The number of hydrazine groups is 2. The molecule has 288 valence electrons. The number of Topliss-reactive ketones (excluding diaryl/α,β-unsaturated/α-hetero) is 2. The lowest BCUT2D eigenvalue weighted by molar-refractivity contribution is -0.154. The van der Waals surface area contributed by atoms with E-state index in [4.69, 9.17) is 10.9 Å². The number of rotatable bonds is 10. The van der Waals surface area contributed by atoms with Crippen LogP contribution in [0.4, 0.5) is 0 Å². The normalized spacial score (nSPS) is 16.5. The standard InChI is InChI=1S/C18H24N4O4.C12H19NO4.C6H7N3O/c1-4-18(2,3)14(23)17(26)22-11-7-9-13(22)16(25)21-20-15(24)12-8-5-6-10-19-12;1-4-12(2,3)9(14)10(15)13-7-5-6-8(13)11(16)17;7-9-6(10)5-3-1-2-4-8-5/h5-6,8,10,13H,4,7,9,11H2,1-3H3,(H,20,24)(H,21,25);8H,4-7H2,1-3H3,(H,16,17);1-4H,7H2,(H,9,10)/t13-;8-;/m00./s1. The second-order valence-electron chi connectivity index (χ2n) is 13.6. The molecule has 0 unspecified atom stereocenters. The van der Waals surface area contributed by atoms with E-state index in [0.717, 1.165) is 0 Å². The smallest absolute Gasteiger partial charge is 0.326 e. The van der Waals surface area contributed by atoms with Gasteiger partial charge in [-0.2, -0.15) is 0 Å². The summed E-state index contributed by atoms with van der Waals surface area (Å²) in [6.45, 7) is 11.2. The summed E-state index contributed by atoms with van der Waals surface area (Å²) in [6.07, 6.45) is 6.23. The summed E-state index contributed by atoms with van der Waals surface area (Å²) < 4.78 is 0. The fourth-order valence-corrected chi connectivity index (χ4v) is 5.04. The number of likely N-dealkylation sites (tertiary alicyclic amines) is 2. The first-order valence-corrected chi connectivity index (χ1v) is 17.3. The molecule has 0 aromatic carbocycles. The van der Waals surface area contributed by atoms with E-state index in [1.807, 2.05) is 19.3 Å². The molecule has 4 heterocycles. The minimum absolute atomic E-state index is 0.159. The highest BCUT2D eigenvalue weighted by atomic mass is 16.4. The third kappa shape index (κ3) is 12.0. The van der Waals surface area contributed by atoms with E-state index in [9.17, 15) is 38.4 Å². The number of pyridine rings is 2. The van der Waals surface area contributed by atoms with Crippen LogP contribution in [-0.2, 0) is 28.8 Å². The van der Waals surface area contributed by atoms with Gasteiger partial charge in [0, 0.05) is 36.3 Å². The topological polar surface area (TPSA) is 251 Å². The van der Waals surface area contributed by atoms with E-state index in [2.05, 4.69) is 20.8 Å². The van der Waals surface area contributed by atoms with Crippen LogP contribution in [-0.4, -0.2) is 97.1 Å². The zero-order valence-electron chi connectivity index (χ0n) is 31.0. The molecule has 0 radical (unpaired) electrons. The molecule has 2 aliphatic heterocycles. The number of amides is 5. The maximum atomic E-state index is 12.5. The third-order valence-electron chi connectivity index (χ3n) is 9.23. The Kier molecular flexibility index (Phi) is 16.3. The van der Waals surface area contributed by atoms with Crippen LogP contribution in [0.5, 0.6) is 0 Å². The van der Waals surface area contributed by atoms with Gasteiger partial charge in [-0.25, -0.2) is 10.6 Å². The van der Waals surface area contributed by atoms with E-state index < -0.39 is 64.1 Å². The second-order valence-corrected chi connectivity index (χ2v) is 13.6. The summed E-state index contributed by atoms with van der Waals surface area (Å²) in [7, 11) is 0. The number of aromatic nitrogens is 2. The van der Waals surface area contributed by atoms with Crippen molar-refractivity contribution < 1.29 is 43.5 Å². The van der Waals surface area contributed by atoms with E-state index in [1.54, 1.807) is 58.0 Å². The Morgan fingerprint density at radius 2 is 1.15 bits per heavy atom. The maximum Gasteiger partial charge on any atom is 0.326 e. The summed E-state index contributed by atoms with van der Waals surface area (Å²) in [4.78, 5) is 105. The van der Waals surface area contributed by atoms with Gasteiger partial charge in [0.05, 0.1) is 0 Å². The monoisotopic (exact) mass is 738 g/mol. The molecule has 0 spiro atoms. The Labute approximate surface area is 308 Å². The van der Waals surface area contributed by atoms with Crippen LogP contribution in [0.25, 0.3) is 0 Å². The van der Waals surface area contributed by atoms with Crippen molar-refractivity contribution in [3.8, 4) is 0 Å². The fourth-order valence-electron chi connectivity index (χ4n) is 5.04. The van der Waals surface area contributed by atoms with Crippen molar-refractivity contribution in [2.24, 2.45) is 16.7 Å². The van der Waals surface area contributed by atoms with E-state index in [-0.39, 0.29) is 11.6 Å². The highest BCUT2D eigenvalue weighted by Gasteiger charge is 2.42. The van der Waals surface area contributed by atoms with Gasteiger partial charge in [0.1, 0.15) is 23.5 Å². The number of aliphatic carboxylic acids is 1. The molecule has 17 heteroatoms. The molecule has 2 aromatic rings. The van der Waals surface area contributed by atoms with Gasteiger partial charge in [-0.1, -0.05) is 53.7 Å². The largest absolute Gasteiger partial charge is 0.480 e. The Bertz CT molecular complexity index is 1630. The molecule has 0 bridgehead atoms. The molecule has 2 fully saturated rings. The van der Waals surface area contributed by atoms with Crippen LogP contribution in [0.1, 0.15) is 101 Å². The zero-order chi connectivity index (χ0) is 39.9. The molecule has 2 atom stereocenters. The van der Waals surface area contributed by atoms with Crippen LogP contribution in [0.15, 0.2) is 48.8 Å². The van der Waals surface area contributed by atoms with Crippen LogP contribution >= 0.6 is 0 Å². The average Bonchev–Trinajstić information content (AvgIpc) is 3.88. The van der Waals surface area contributed by atoms with Crippen molar-refractivity contribution in [1.29, 1.82) is 0 Å². The van der Waals surface area contributed by atoms with Gasteiger partial charge in [0.2, 0.25) is 11.6 Å². The lowest BCUT2D eigenvalue weighted by Gasteiger charge is -2.27. The number of carboxylic acid groups (broad SMARTS) is 1. The lowest BCUT2D eigenvalue weighted by atomic mass is 9.84. The van der Waals surface area contributed by atoms with Gasteiger partial charge in [0.15, 0.2) is 0 Å². The number of nitrogens with two attached hydrogens (primary N) is 1. The third-order valence-corrected chi connectivity index (χ3v) is 9.23. The maximum absolute atomic E-state index is 12.5. The second kappa shape index (κ2) is 19.9. The molecule has 2 aliphatic rings. The Morgan fingerprint density at radius 1 is 0.717 bits per heavy atom. The van der Waals surface area contributed by atoms with Crippen molar-refractivity contribution in [2.75, 3.05) is 13.1 Å². The first-order chi connectivity index (χ1) is 24.9. The number of carboxylic acids is 1. The molecule has 17 nitrogen and oxygen atoms in total. The Hall–Kier alpha value is -5.58. The van der Waals surface area contributed by atoms with Crippen molar-refractivity contribution in [2.45, 2.75) is 92.2 Å². The fraction of sp³-hybridized carbons (Fsp3) is 0.500. The van der Waals surface area contributed by atoms with Gasteiger partial charge in [-0.05, 0) is 62.8 Å². The quantitative estimate of drug-likeness (QED) is 0.101. The number of hydrogen-bond acceptors (Lipinski definition) is 11. The molecule has 0 saturated carbocycles. The molecular weight excluding hydrogens is 688 g/mol. The van der Waals surface area contributed by atoms with E-state index in [1.165, 1.54) is 28.3 Å². The molecule has 5 amide bonds. The summed E-state index contributed by atoms with van der Waals surface area (Å²) in [6, 6.07) is 8.27. The Morgan fingerprint density at radius 3 is 1.55 bits per heavy atom. The average molecular weight is 739 g/mol. The number of nitrogen functional groups attached to an aromatic ring is 1. The summed E-state index contributed by atoms with van der Waals surface area (Å²) in [5.41, 5.74) is 5.57. The molecule has 2 aromatic heterocycles. The van der Waals surface area contributed by atoms with Crippen molar-refractivity contribution in [3.63, 3.8) is 0 Å². The molecule has 6 N–H and O–H groups in total. The van der Waals surface area contributed by atoms with Gasteiger partial charge in [-0.15, -0.1) is 0 Å². The van der Waals surface area contributed by atoms with Crippen LogP contribution in [0.3, 0.4) is 0 Å². The van der Waals surface area contributed by atoms with Gasteiger partial charge >= 0.3 is 5.97 Å². The van der Waals surface area contributed by atoms with E-state index in [0.29, 0.717) is 57.3 Å². The molecular formula is C36H50N8O9. The van der Waals surface area contributed by atoms with Crippen LogP contribution in [0.2, 0.25) is 0 Å². The van der Waals surface area contributed by atoms with Gasteiger partial charge in [-0.3, -0.25) is 59.8 Å². The molecule has 53 heavy (non-hydrogen) atoms. The van der Waals surface area contributed by atoms with E-state index >= 15 is 0 Å². The number of ketones is 2. The first-order valence-electron chi connectivity index (χ1n) is 17.3. The minimum atomic E-state index is -1.03. The predicted octanol–water partition coefficient (Wildman–Crippen LogP) is 1.59. The van der Waals surface area contributed by atoms with Crippen LogP contribution < -0.4 is 22.1 Å². The van der Waals surface area contributed by atoms with Crippen LogP contribution in [0, 0.1) is 10.8 Å². The van der Waals surface area contributed by atoms with Crippen molar-refractivity contribution >= 4 is 47.1 Å². The van der Waals surface area contributed by atoms with Crippen molar-refractivity contribution in [3.05, 3.63) is 60.2 Å². The Balaban J connectivity index is 0.000000307. The molecule has 2 saturated heterocycles. The zero-order valence-corrected chi connectivity index (χ0v) is 31.0. The molecule has 0 aliphatic carbocycles. The summed E-state index contributed by atoms with van der Waals surface area (Å²) >= 11 is 0. The number of nitrogens with zero attached hydrogens (tertiary/aromatic N) is 4. The predicted molar refractivity (Wildman–Crippen MR) is 191 cm³/mol. The highest BCUT2D eigenvalue weighted by molar-refractivity contribution is 6.38. The van der Waals surface area contributed by atoms with Crippen molar-refractivity contribution in [1.82, 2.24) is 36.0 Å². The first kappa shape index (κ1) is 43.6.